The molecule has 0 spiro atoms. The molecule has 0 aliphatic heterocycles. The molecule has 0 bridgehead atoms. The van der Waals surface area contributed by atoms with Crippen LogP contribution < -0.4 is 5.73 Å². The maximum Gasteiger partial charge on any atom is 0.00516 e. The molecular weight excluding hydrogens is 146 g/mol. The van der Waals surface area contributed by atoms with Gasteiger partial charge >= 0.3 is 0 Å². The zero-order valence-electron chi connectivity index (χ0n) is 7.93. The van der Waals surface area contributed by atoms with Crippen molar-refractivity contribution in [1.82, 2.24) is 0 Å². The fourth-order valence-corrected chi connectivity index (χ4v) is 1.48. The quantitative estimate of drug-likeness (QED) is 0.632. The van der Waals surface area contributed by atoms with Crippen LogP contribution in [0.4, 0.5) is 0 Å². The lowest BCUT2D eigenvalue weighted by Crippen LogP contribution is -1.94. The van der Waals surface area contributed by atoms with Crippen LogP contribution in [0.25, 0.3) is 0 Å². The molecule has 12 heavy (non-hydrogen) atoms. The third kappa shape index (κ3) is 2.57. The summed E-state index contributed by atoms with van der Waals surface area (Å²) in [7, 11) is 0. The second kappa shape index (κ2) is 4.15. The van der Waals surface area contributed by atoms with Crippen molar-refractivity contribution in [3.8, 4) is 0 Å². The van der Waals surface area contributed by atoms with Crippen LogP contribution in [0.15, 0.2) is 35.1 Å². The summed E-state index contributed by atoms with van der Waals surface area (Å²) in [6, 6.07) is 0. The van der Waals surface area contributed by atoms with Gasteiger partial charge in [0.05, 0.1) is 0 Å². The van der Waals surface area contributed by atoms with Gasteiger partial charge in [0, 0.05) is 5.70 Å². The van der Waals surface area contributed by atoms with Crippen LogP contribution in [0.5, 0.6) is 0 Å². The van der Waals surface area contributed by atoms with E-state index in [-0.39, 0.29) is 0 Å². The van der Waals surface area contributed by atoms with Gasteiger partial charge in [-0.15, -0.1) is 0 Å². The lowest BCUT2D eigenvalue weighted by atomic mass is 9.97. The van der Waals surface area contributed by atoms with E-state index in [9.17, 15) is 0 Å². The Hall–Kier alpha value is -0.980. The first-order valence-electron chi connectivity index (χ1n) is 4.50. The van der Waals surface area contributed by atoms with Crippen molar-refractivity contribution in [3.05, 3.63) is 35.1 Å². The molecule has 0 atom stereocenters. The Morgan fingerprint density at radius 1 is 1.50 bits per heavy atom. The van der Waals surface area contributed by atoms with Crippen LogP contribution in [0.1, 0.15) is 33.1 Å². The van der Waals surface area contributed by atoms with Gasteiger partial charge in [-0.1, -0.05) is 12.2 Å². The largest absolute Gasteiger partial charge is 0.402 e. The summed E-state index contributed by atoms with van der Waals surface area (Å²) in [5.41, 5.74) is 9.24. The van der Waals surface area contributed by atoms with Crippen molar-refractivity contribution in [3.63, 3.8) is 0 Å². The molecule has 0 aromatic heterocycles. The van der Waals surface area contributed by atoms with E-state index in [4.69, 9.17) is 5.73 Å². The average molecular weight is 163 g/mol. The van der Waals surface area contributed by atoms with Crippen LogP contribution in [0.3, 0.4) is 0 Å². The molecule has 66 valence electrons. The first-order valence-corrected chi connectivity index (χ1v) is 4.50. The fraction of sp³-hybridized carbons (Fsp3) is 0.455. The minimum atomic E-state index is 0.888. The molecule has 1 rings (SSSR count). The Morgan fingerprint density at radius 2 is 2.25 bits per heavy atom. The Kier molecular flexibility index (Phi) is 3.15. The fourth-order valence-electron chi connectivity index (χ4n) is 1.48. The summed E-state index contributed by atoms with van der Waals surface area (Å²) in [6.45, 7) is 4.05. The number of rotatable bonds is 1. The Balaban J connectivity index is 2.81. The Labute approximate surface area is 74.7 Å². The van der Waals surface area contributed by atoms with E-state index < -0.39 is 0 Å². The van der Waals surface area contributed by atoms with Gasteiger partial charge < -0.3 is 5.73 Å². The maximum absolute atomic E-state index is 5.60. The predicted octanol–water partition coefficient (Wildman–Crippen LogP) is 2.91. The SMILES string of the molecule is C/C(N)=C/C(C)=C1/C=CCCC1. The lowest BCUT2D eigenvalue weighted by molar-refractivity contribution is 0.815. The molecule has 0 aromatic rings. The molecule has 0 saturated heterocycles. The monoisotopic (exact) mass is 163 g/mol. The van der Waals surface area contributed by atoms with Crippen molar-refractivity contribution < 1.29 is 0 Å². The molecule has 0 amide bonds. The smallest absolute Gasteiger partial charge is 0.00516 e. The van der Waals surface area contributed by atoms with E-state index in [0.717, 1.165) is 5.70 Å². The summed E-state index contributed by atoms with van der Waals surface area (Å²) in [6.07, 6.45) is 10.2. The number of nitrogens with two attached hydrogens (primary N) is 1. The summed E-state index contributed by atoms with van der Waals surface area (Å²) < 4.78 is 0. The van der Waals surface area contributed by atoms with Gasteiger partial charge in [0.25, 0.3) is 0 Å². The van der Waals surface area contributed by atoms with Crippen molar-refractivity contribution in [2.45, 2.75) is 33.1 Å². The number of hydrogen-bond donors (Lipinski definition) is 1. The highest BCUT2D eigenvalue weighted by atomic mass is 14.5. The van der Waals surface area contributed by atoms with Gasteiger partial charge in [0.15, 0.2) is 0 Å². The summed E-state index contributed by atoms with van der Waals surface area (Å²) in [5, 5.41) is 0. The Morgan fingerprint density at radius 3 is 2.75 bits per heavy atom. The van der Waals surface area contributed by atoms with E-state index >= 15 is 0 Å². The van der Waals surface area contributed by atoms with E-state index in [0.29, 0.717) is 0 Å². The van der Waals surface area contributed by atoms with Gasteiger partial charge in [-0.25, -0.2) is 0 Å². The highest BCUT2D eigenvalue weighted by Crippen LogP contribution is 2.20. The minimum absolute atomic E-state index is 0.888. The molecule has 0 heterocycles. The minimum Gasteiger partial charge on any atom is -0.402 e. The van der Waals surface area contributed by atoms with Crippen molar-refractivity contribution in [2.75, 3.05) is 0 Å². The van der Waals surface area contributed by atoms with Gasteiger partial charge in [0.2, 0.25) is 0 Å². The van der Waals surface area contributed by atoms with E-state index in [1.165, 1.54) is 30.4 Å². The van der Waals surface area contributed by atoms with E-state index in [2.05, 4.69) is 19.1 Å². The van der Waals surface area contributed by atoms with Crippen LogP contribution in [0.2, 0.25) is 0 Å². The standard InChI is InChI=1S/C11H17N/c1-9(8-10(2)12)11-6-4-3-5-7-11/h4,6,8H,3,5,7,12H2,1-2H3/b10-8-,11-9-. The molecule has 1 nitrogen and oxygen atoms in total. The van der Waals surface area contributed by atoms with Gasteiger partial charge in [-0.05, 0) is 50.3 Å². The zero-order chi connectivity index (χ0) is 8.97. The molecule has 2 N–H and O–H groups in total. The molecule has 0 saturated carbocycles. The Bertz CT molecular complexity index is 240. The van der Waals surface area contributed by atoms with Crippen LogP contribution in [-0.4, -0.2) is 0 Å². The second-order valence-corrected chi connectivity index (χ2v) is 3.39. The van der Waals surface area contributed by atoms with Gasteiger partial charge in [0.1, 0.15) is 0 Å². The normalized spacial score (nSPS) is 22.7. The summed E-state index contributed by atoms with van der Waals surface area (Å²) >= 11 is 0. The first kappa shape index (κ1) is 9.11. The first-order chi connectivity index (χ1) is 5.70. The maximum atomic E-state index is 5.60. The molecular formula is C11H17N. The van der Waals surface area contributed by atoms with Crippen LogP contribution >= 0.6 is 0 Å². The van der Waals surface area contributed by atoms with Crippen LogP contribution in [0, 0.1) is 0 Å². The molecule has 1 aliphatic rings. The molecule has 1 heteroatoms. The number of allylic oxidation sites excluding steroid dienone is 6. The molecule has 0 unspecified atom stereocenters. The molecule has 0 aromatic carbocycles. The molecule has 0 fully saturated rings. The molecule has 0 radical (unpaired) electrons. The van der Waals surface area contributed by atoms with Crippen molar-refractivity contribution in [2.24, 2.45) is 5.73 Å². The predicted molar refractivity (Wildman–Crippen MR) is 53.6 cm³/mol. The third-order valence-electron chi connectivity index (χ3n) is 2.09. The van der Waals surface area contributed by atoms with Gasteiger partial charge in [-0.2, -0.15) is 0 Å². The van der Waals surface area contributed by atoms with E-state index in [1.54, 1.807) is 0 Å². The number of hydrogen-bond acceptors (Lipinski definition) is 1. The topological polar surface area (TPSA) is 26.0 Å². The summed E-state index contributed by atoms with van der Waals surface area (Å²) in [5.74, 6) is 0. The average Bonchev–Trinajstić information content (AvgIpc) is 2.05. The lowest BCUT2D eigenvalue weighted by Gasteiger charge is -2.09. The third-order valence-corrected chi connectivity index (χ3v) is 2.09. The molecule has 1 aliphatic carbocycles. The second-order valence-electron chi connectivity index (χ2n) is 3.39. The van der Waals surface area contributed by atoms with Gasteiger partial charge in [-0.3, -0.25) is 0 Å². The summed E-state index contributed by atoms with van der Waals surface area (Å²) in [4.78, 5) is 0. The zero-order valence-corrected chi connectivity index (χ0v) is 7.93. The van der Waals surface area contributed by atoms with Crippen molar-refractivity contribution >= 4 is 0 Å². The van der Waals surface area contributed by atoms with Crippen LogP contribution in [-0.2, 0) is 0 Å². The van der Waals surface area contributed by atoms with Crippen molar-refractivity contribution in [1.29, 1.82) is 0 Å². The highest BCUT2D eigenvalue weighted by Gasteiger charge is 2.01. The van der Waals surface area contributed by atoms with E-state index in [1.807, 2.05) is 13.0 Å². The highest BCUT2D eigenvalue weighted by molar-refractivity contribution is 5.34.